The number of alkyl halides is 3. The fourth-order valence-electron chi connectivity index (χ4n) is 3.05. The van der Waals surface area contributed by atoms with E-state index in [1.165, 1.54) is 37.6 Å². The van der Waals surface area contributed by atoms with Crippen molar-refractivity contribution >= 4 is 22.2 Å². The van der Waals surface area contributed by atoms with Crippen molar-refractivity contribution in [2.75, 3.05) is 7.11 Å². The lowest BCUT2D eigenvalue weighted by atomic mass is 10.1. The molecule has 0 aliphatic heterocycles. The van der Waals surface area contributed by atoms with Gasteiger partial charge in [-0.2, -0.15) is 26.7 Å². The molecule has 7 nitrogen and oxygen atoms in total. The molecule has 3 aromatic rings. The molecule has 0 atom stereocenters. The third-order valence-corrected chi connectivity index (χ3v) is 5.75. The Hall–Kier alpha value is -3.86. The van der Waals surface area contributed by atoms with Gasteiger partial charge in [-0.1, -0.05) is 42.5 Å². The molecular formula is C24H21F3N2O5S. The van der Waals surface area contributed by atoms with E-state index in [-0.39, 0.29) is 23.3 Å². The number of benzene rings is 3. The summed E-state index contributed by atoms with van der Waals surface area (Å²) in [6.45, 7) is 0. The maximum atomic E-state index is 12.9. The summed E-state index contributed by atoms with van der Waals surface area (Å²) in [6, 6.07) is 17.0. The van der Waals surface area contributed by atoms with E-state index in [2.05, 4.69) is 10.5 Å². The summed E-state index contributed by atoms with van der Waals surface area (Å²) in [6.07, 6.45) is -3.35. The van der Waals surface area contributed by atoms with Crippen LogP contribution in [0.15, 0.2) is 77.9 Å². The number of amides is 1. The van der Waals surface area contributed by atoms with Crippen LogP contribution in [0, 0.1) is 0 Å². The number of carbonyl (C=O) groups excluding carboxylic acids is 1. The zero-order valence-electron chi connectivity index (χ0n) is 18.5. The van der Waals surface area contributed by atoms with Gasteiger partial charge in [0, 0.05) is 5.56 Å². The minimum atomic E-state index is -4.60. The molecule has 11 heteroatoms. The summed E-state index contributed by atoms with van der Waals surface area (Å²) < 4.78 is 73.9. The average molecular weight is 507 g/mol. The van der Waals surface area contributed by atoms with Gasteiger partial charge in [0.1, 0.15) is 11.5 Å². The normalized spacial score (nSPS) is 11.9. The highest BCUT2D eigenvalue weighted by Gasteiger charge is 2.30. The number of hydrogen-bond donors (Lipinski definition) is 1. The van der Waals surface area contributed by atoms with E-state index in [9.17, 15) is 26.4 Å². The van der Waals surface area contributed by atoms with Gasteiger partial charge in [0.05, 0.1) is 25.3 Å². The van der Waals surface area contributed by atoms with Gasteiger partial charge in [0.25, 0.3) is 0 Å². The molecule has 0 saturated carbocycles. The molecule has 0 aliphatic carbocycles. The Bertz CT molecular complexity index is 1320. The van der Waals surface area contributed by atoms with E-state index in [0.717, 1.165) is 18.2 Å². The Morgan fingerprint density at radius 3 is 2.46 bits per heavy atom. The summed E-state index contributed by atoms with van der Waals surface area (Å²) >= 11 is 0. The van der Waals surface area contributed by atoms with Gasteiger partial charge >= 0.3 is 16.3 Å². The minimum absolute atomic E-state index is 0.0397. The first-order chi connectivity index (χ1) is 16.6. The molecule has 3 rings (SSSR count). The van der Waals surface area contributed by atoms with Gasteiger partial charge in [0.15, 0.2) is 5.75 Å². The van der Waals surface area contributed by atoms with Crippen LogP contribution in [0.4, 0.5) is 13.2 Å². The molecule has 0 heterocycles. The third-order valence-electron chi connectivity index (χ3n) is 4.63. The van der Waals surface area contributed by atoms with E-state index < -0.39 is 33.5 Å². The monoisotopic (exact) mass is 506 g/mol. The van der Waals surface area contributed by atoms with Crippen molar-refractivity contribution in [3.05, 3.63) is 95.1 Å². The van der Waals surface area contributed by atoms with Crippen molar-refractivity contribution in [3.8, 4) is 11.5 Å². The summed E-state index contributed by atoms with van der Waals surface area (Å²) in [7, 11) is -2.77. The fraction of sp³-hybridized carbons (Fsp3) is 0.167. The van der Waals surface area contributed by atoms with Crippen LogP contribution in [0.5, 0.6) is 11.5 Å². The van der Waals surface area contributed by atoms with E-state index >= 15 is 0 Å². The first kappa shape index (κ1) is 25.8. The molecule has 0 bridgehead atoms. The number of nitrogens with zero attached hydrogens (tertiary/aromatic N) is 1. The van der Waals surface area contributed by atoms with E-state index in [4.69, 9.17) is 8.92 Å². The van der Waals surface area contributed by atoms with Gasteiger partial charge in [-0.3, -0.25) is 4.79 Å². The molecule has 0 spiro atoms. The Morgan fingerprint density at radius 2 is 1.71 bits per heavy atom. The highest BCUT2D eigenvalue weighted by Crippen LogP contribution is 2.30. The van der Waals surface area contributed by atoms with Crippen molar-refractivity contribution in [2.45, 2.75) is 18.3 Å². The lowest BCUT2D eigenvalue weighted by molar-refractivity contribution is -0.137. The Labute approximate surface area is 200 Å². The number of nitrogens with one attached hydrogen (secondary N) is 1. The molecule has 1 amide bonds. The largest absolute Gasteiger partial charge is 0.497 e. The topological polar surface area (TPSA) is 94.1 Å². The molecule has 0 radical (unpaired) electrons. The summed E-state index contributed by atoms with van der Waals surface area (Å²) in [5.74, 6) is -0.661. The number of rotatable bonds is 9. The van der Waals surface area contributed by atoms with Crippen LogP contribution >= 0.6 is 0 Å². The van der Waals surface area contributed by atoms with Crippen molar-refractivity contribution in [1.82, 2.24) is 5.43 Å². The second-order valence-corrected chi connectivity index (χ2v) is 8.91. The van der Waals surface area contributed by atoms with Crippen LogP contribution in [0.2, 0.25) is 0 Å². The lowest BCUT2D eigenvalue weighted by Crippen LogP contribution is -2.20. The van der Waals surface area contributed by atoms with Gasteiger partial charge in [-0.05, 0) is 41.5 Å². The van der Waals surface area contributed by atoms with Gasteiger partial charge in [0.2, 0.25) is 5.91 Å². The smallest absolute Gasteiger partial charge is 0.416 e. The van der Waals surface area contributed by atoms with E-state index in [1.807, 2.05) is 0 Å². The predicted octanol–water partition coefficient (Wildman–Crippen LogP) is 4.32. The quantitative estimate of drug-likeness (QED) is 0.265. The third kappa shape index (κ3) is 7.85. The van der Waals surface area contributed by atoms with Crippen LogP contribution in [0.1, 0.15) is 22.3 Å². The molecular weight excluding hydrogens is 485 g/mol. The molecule has 0 aliphatic rings. The predicted molar refractivity (Wildman–Crippen MR) is 124 cm³/mol. The average Bonchev–Trinajstić information content (AvgIpc) is 2.79. The van der Waals surface area contributed by atoms with Crippen LogP contribution in [-0.4, -0.2) is 27.6 Å². The van der Waals surface area contributed by atoms with Crippen LogP contribution in [0.3, 0.4) is 0 Å². The summed E-state index contributed by atoms with van der Waals surface area (Å²) in [5.41, 5.74) is 2.26. The van der Waals surface area contributed by atoms with Crippen molar-refractivity contribution in [1.29, 1.82) is 0 Å². The van der Waals surface area contributed by atoms with Crippen molar-refractivity contribution < 1.29 is 35.3 Å². The maximum Gasteiger partial charge on any atom is 0.416 e. The Morgan fingerprint density at radius 1 is 1.00 bits per heavy atom. The fourth-order valence-corrected chi connectivity index (χ4v) is 4.12. The second-order valence-electron chi connectivity index (χ2n) is 7.34. The number of carbonyl (C=O) groups is 1. The summed E-state index contributed by atoms with van der Waals surface area (Å²) in [5, 5.41) is 3.84. The number of para-hydroxylation sites is 1. The van der Waals surface area contributed by atoms with E-state index in [0.29, 0.717) is 11.3 Å². The molecule has 0 fully saturated rings. The molecule has 0 aromatic heterocycles. The standard InChI is InChI=1S/C24H21F3N2O5S/c1-33-21-10-5-6-17(13-21)14-23(30)29-28-15-19-8-2-3-11-22(19)34-35(31,32)16-18-7-4-9-20(12-18)24(25,26)27/h2-13,15H,14,16H2,1H3,(H,29,30)/b28-15+. The van der Waals surface area contributed by atoms with Crippen LogP contribution in [0.25, 0.3) is 0 Å². The first-order valence-electron chi connectivity index (χ1n) is 10.2. The minimum Gasteiger partial charge on any atom is -0.497 e. The number of hydrazone groups is 1. The lowest BCUT2D eigenvalue weighted by Gasteiger charge is -2.11. The second kappa shape index (κ2) is 11.0. The number of hydrogen-bond acceptors (Lipinski definition) is 6. The van der Waals surface area contributed by atoms with Crippen molar-refractivity contribution in [3.63, 3.8) is 0 Å². The Balaban J connectivity index is 1.66. The van der Waals surface area contributed by atoms with Gasteiger partial charge in [-0.25, -0.2) is 5.43 Å². The highest BCUT2D eigenvalue weighted by atomic mass is 32.2. The summed E-state index contributed by atoms with van der Waals surface area (Å²) in [4.78, 5) is 12.1. The van der Waals surface area contributed by atoms with Crippen molar-refractivity contribution in [2.24, 2.45) is 5.10 Å². The molecule has 35 heavy (non-hydrogen) atoms. The number of halogens is 3. The highest BCUT2D eigenvalue weighted by molar-refractivity contribution is 7.86. The zero-order chi connectivity index (χ0) is 25.5. The molecule has 3 aromatic carbocycles. The van der Waals surface area contributed by atoms with Gasteiger partial charge in [-0.15, -0.1) is 0 Å². The Kier molecular flexibility index (Phi) is 8.13. The van der Waals surface area contributed by atoms with Gasteiger partial charge < -0.3 is 8.92 Å². The molecule has 0 unspecified atom stereocenters. The molecule has 184 valence electrons. The zero-order valence-corrected chi connectivity index (χ0v) is 19.3. The SMILES string of the molecule is COc1cccc(CC(=O)N/N=C/c2ccccc2OS(=O)(=O)Cc2cccc(C(F)(F)F)c2)c1. The van der Waals surface area contributed by atoms with Crippen LogP contribution in [-0.2, 0) is 33.3 Å². The van der Waals surface area contributed by atoms with Crippen LogP contribution < -0.4 is 14.3 Å². The number of ether oxygens (including phenoxy) is 1. The molecule has 1 N–H and O–H groups in total. The number of methoxy groups -OCH3 is 1. The molecule has 0 saturated heterocycles. The van der Waals surface area contributed by atoms with E-state index in [1.54, 1.807) is 30.3 Å². The maximum absolute atomic E-state index is 12.9. The first-order valence-corrected chi connectivity index (χ1v) is 11.8.